The molecule has 1 aliphatic carbocycles. The highest BCUT2D eigenvalue weighted by Crippen LogP contribution is 2.40. The fraction of sp³-hybridized carbons (Fsp3) is 0.263. The highest BCUT2D eigenvalue weighted by molar-refractivity contribution is 5.93. The van der Waals surface area contributed by atoms with Gasteiger partial charge in [0, 0.05) is 24.1 Å². The van der Waals surface area contributed by atoms with E-state index in [0.717, 1.165) is 12.1 Å². The molecular weight excluding hydrogens is 377 g/mol. The number of hydroxylamine groups is 1. The average molecular weight is 396 g/mol. The molecule has 0 saturated heterocycles. The van der Waals surface area contributed by atoms with Crippen molar-refractivity contribution in [2.45, 2.75) is 31.1 Å². The molecule has 4 N–H and O–H groups in total. The average Bonchev–Trinajstić information content (AvgIpc) is 3.46. The monoisotopic (exact) mass is 396 g/mol. The van der Waals surface area contributed by atoms with Crippen LogP contribution in [0.2, 0.25) is 0 Å². The molecule has 6 nitrogen and oxygen atoms in total. The molecule has 2 unspecified atom stereocenters. The first-order valence-electron chi connectivity index (χ1n) is 8.34. The zero-order valence-corrected chi connectivity index (χ0v) is 14.6. The highest BCUT2D eigenvalue weighted by Gasteiger charge is 2.38. The number of halogens is 3. The van der Waals surface area contributed by atoms with Crippen LogP contribution in [-0.4, -0.2) is 34.4 Å². The van der Waals surface area contributed by atoms with Crippen molar-refractivity contribution in [3.05, 3.63) is 71.3 Å². The Kier molecular flexibility index (Phi) is 7.13. The number of carbonyl (C=O) groups is 2. The maximum absolute atomic E-state index is 11.2. The van der Waals surface area contributed by atoms with Crippen LogP contribution in [0.25, 0.3) is 0 Å². The van der Waals surface area contributed by atoms with Gasteiger partial charge >= 0.3 is 12.1 Å². The van der Waals surface area contributed by atoms with Crippen molar-refractivity contribution in [3.63, 3.8) is 0 Å². The number of rotatable bonds is 5. The predicted molar refractivity (Wildman–Crippen MR) is 93.8 cm³/mol. The summed E-state index contributed by atoms with van der Waals surface area (Å²) in [5, 5.41) is 19.2. The molecule has 2 aromatic rings. The molecule has 2 aromatic carbocycles. The number of benzene rings is 2. The van der Waals surface area contributed by atoms with E-state index in [0.29, 0.717) is 17.5 Å². The van der Waals surface area contributed by atoms with E-state index in [2.05, 4.69) is 29.6 Å². The molecule has 150 valence electrons. The maximum atomic E-state index is 11.2. The summed E-state index contributed by atoms with van der Waals surface area (Å²) in [5.74, 6) is -2.63. The Labute approximate surface area is 159 Å². The summed E-state index contributed by atoms with van der Waals surface area (Å²) in [7, 11) is 0. The van der Waals surface area contributed by atoms with Gasteiger partial charge in [0.15, 0.2) is 0 Å². The smallest absolute Gasteiger partial charge is 0.475 e. The second kappa shape index (κ2) is 9.34. The Balaban J connectivity index is 0.000000345. The van der Waals surface area contributed by atoms with Crippen LogP contribution < -0.4 is 10.8 Å². The third-order valence-electron chi connectivity index (χ3n) is 4.15. The van der Waals surface area contributed by atoms with Gasteiger partial charge in [0.05, 0.1) is 0 Å². The van der Waals surface area contributed by atoms with Gasteiger partial charge in [-0.2, -0.15) is 13.2 Å². The molecule has 0 spiro atoms. The minimum Gasteiger partial charge on any atom is -0.475 e. The summed E-state index contributed by atoms with van der Waals surface area (Å²) in [4.78, 5) is 20.1. The fourth-order valence-electron chi connectivity index (χ4n) is 2.58. The molecule has 28 heavy (non-hydrogen) atoms. The number of carboxylic acid groups (broad SMARTS) is 1. The summed E-state index contributed by atoms with van der Waals surface area (Å²) >= 11 is 0. The van der Waals surface area contributed by atoms with E-state index in [1.54, 1.807) is 17.6 Å². The van der Waals surface area contributed by atoms with Gasteiger partial charge in [-0.3, -0.25) is 10.0 Å². The fourth-order valence-corrected chi connectivity index (χ4v) is 2.58. The van der Waals surface area contributed by atoms with E-state index >= 15 is 0 Å². The van der Waals surface area contributed by atoms with Gasteiger partial charge in [-0.25, -0.2) is 10.3 Å². The van der Waals surface area contributed by atoms with Crippen molar-refractivity contribution in [2.24, 2.45) is 0 Å². The summed E-state index contributed by atoms with van der Waals surface area (Å²) in [6.45, 7) is 0.787. The quantitative estimate of drug-likeness (QED) is 0.460. The largest absolute Gasteiger partial charge is 0.490 e. The van der Waals surface area contributed by atoms with E-state index in [-0.39, 0.29) is 0 Å². The number of hydrogen-bond acceptors (Lipinski definition) is 4. The summed E-state index contributed by atoms with van der Waals surface area (Å²) < 4.78 is 31.7. The summed E-state index contributed by atoms with van der Waals surface area (Å²) in [6.07, 6.45) is -3.91. The number of carbonyl (C=O) groups excluding carboxylic acids is 1. The minimum absolute atomic E-state index is 0.454. The van der Waals surface area contributed by atoms with Crippen molar-refractivity contribution < 1.29 is 33.1 Å². The lowest BCUT2D eigenvalue weighted by molar-refractivity contribution is -0.192. The van der Waals surface area contributed by atoms with Crippen molar-refractivity contribution in [1.82, 2.24) is 10.8 Å². The molecule has 3 rings (SSSR count). The van der Waals surface area contributed by atoms with Gasteiger partial charge < -0.3 is 10.4 Å². The molecule has 0 bridgehead atoms. The number of amides is 1. The first-order valence-corrected chi connectivity index (χ1v) is 8.34. The van der Waals surface area contributed by atoms with E-state index in [1.807, 2.05) is 18.2 Å². The van der Waals surface area contributed by atoms with Gasteiger partial charge in [-0.1, -0.05) is 42.5 Å². The number of nitrogens with one attached hydrogen (secondary N) is 2. The van der Waals surface area contributed by atoms with Crippen molar-refractivity contribution >= 4 is 11.9 Å². The van der Waals surface area contributed by atoms with Gasteiger partial charge in [0.25, 0.3) is 5.91 Å². The highest BCUT2D eigenvalue weighted by atomic mass is 19.4. The lowest BCUT2D eigenvalue weighted by Gasteiger charge is -2.06. The van der Waals surface area contributed by atoms with Crippen LogP contribution in [0, 0.1) is 0 Å². The maximum Gasteiger partial charge on any atom is 0.490 e. The molecule has 0 aliphatic heterocycles. The molecule has 1 saturated carbocycles. The van der Waals surface area contributed by atoms with Gasteiger partial charge in [-0.05, 0) is 29.7 Å². The number of hydrogen-bond donors (Lipinski definition) is 4. The minimum atomic E-state index is -5.08. The van der Waals surface area contributed by atoms with Gasteiger partial charge in [-0.15, -0.1) is 0 Å². The molecule has 0 radical (unpaired) electrons. The molecule has 1 fully saturated rings. The van der Waals surface area contributed by atoms with Crippen LogP contribution in [0.5, 0.6) is 0 Å². The Hall–Kier alpha value is -2.91. The van der Waals surface area contributed by atoms with Crippen LogP contribution >= 0.6 is 0 Å². The third-order valence-corrected chi connectivity index (χ3v) is 4.15. The molecule has 2 atom stereocenters. The van der Waals surface area contributed by atoms with Crippen LogP contribution in [0.4, 0.5) is 13.2 Å². The zero-order valence-electron chi connectivity index (χ0n) is 14.6. The summed E-state index contributed by atoms with van der Waals surface area (Å²) in [6, 6.07) is 18.3. The number of carboxylic acids is 1. The normalized spacial score (nSPS) is 17.9. The van der Waals surface area contributed by atoms with Gasteiger partial charge in [0.2, 0.25) is 0 Å². The van der Waals surface area contributed by atoms with Crippen molar-refractivity contribution in [2.75, 3.05) is 0 Å². The van der Waals surface area contributed by atoms with E-state index in [4.69, 9.17) is 15.1 Å². The Morgan fingerprint density at radius 3 is 2.11 bits per heavy atom. The van der Waals surface area contributed by atoms with E-state index in [9.17, 15) is 18.0 Å². The Morgan fingerprint density at radius 2 is 1.61 bits per heavy atom. The summed E-state index contributed by atoms with van der Waals surface area (Å²) in [5.41, 5.74) is 4.61. The molecular formula is C19H19F3N2O4. The first kappa shape index (κ1) is 21.4. The molecule has 1 aliphatic rings. The molecule has 0 heterocycles. The number of alkyl halides is 3. The molecule has 1 amide bonds. The third kappa shape index (κ3) is 6.36. The number of aliphatic carboxylic acids is 1. The van der Waals surface area contributed by atoms with Gasteiger partial charge in [0.1, 0.15) is 0 Å². The van der Waals surface area contributed by atoms with Crippen LogP contribution in [0.3, 0.4) is 0 Å². The standard InChI is InChI=1S/C17H18N2O2.C2HF3O2/c20-17(19-21)14-8-6-12(7-9-14)11-18-16-10-15(16)13-4-2-1-3-5-13;3-2(4,5)1(6)7/h1-9,15-16,18,21H,10-11H2,(H,19,20);(H,6,7). The first-order chi connectivity index (χ1) is 13.2. The second-order valence-corrected chi connectivity index (χ2v) is 6.18. The molecule has 9 heteroatoms. The Bertz CT molecular complexity index is 795. The Morgan fingerprint density at radius 1 is 1.04 bits per heavy atom. The zero-order chi connectivity index (χ0) is 20.7. The van der Waals surface area contributed by atoms with Crippen LogP contribution in [0.1, 0.15) is 33.8 Å². The lowest BCUT2D eigenvalue weighted by Crippen LogP contribution is -2.21. The SMILES string of the molecule is O=C(NO)c1ccc(CNC2CC2c2ccccc2)cc1.O=C(O)C(F)(F)F. The molecule has 0 aromatic heterocycles. The van der Waals surface area contributed by atoms with Crippen LogP contribution in [0.15, 0.2) is 54.6 Å². The lowest BCUT2D eigenvalue weighted by atomic mass is 10.1. The van der Waals surface area contributed by atoms with Crippen molar-refractivity contribution in [3.8, 4) is 0 Å². The van der Waals surface area contributed by atoms with E-state index < -0.39 is 18.1 Å². The van der Waals surface area contributed by atoms with Crippen LogP contribution in [-0.2, 0) is 11.3 Å². The topological polar surface area (TPSA) is 98.7 Å². The van der Waals surface area contributed by atoms with E-state index in [1.165, 1.54) is 12.0 Å². The van der Waals surface area contributed by atoms with Crippen molar-refractivity contribution in [1.29, 1.82) is 0 Å². The second-order valence-electron chi connectivity index (χ2n) is 6.18. The predicted octanol–water partition coefficient (Wildman–Crippen LogP) is 3.08.